The summed E-state index contributed by atoms with van der Waals surface area (Å²) in [7, 11) is 0. The molecule has 1 aliphatic heterocycles. The molecule has 0 bridgehead atoms. The Morgan fingerprint density at radius 2 is 1.88 bits per heavy atom. The van der Waals surface area contributed by atoms with Gasteiger partial charge in [0.2, 0.25) is 6.10 Å². The van der Waals surface area contributed by atoms with Crippen LogP contribution in [-0.4, -0.2) is 24.7 Å². The first-order valence-corrected chi connectivity index (χ1v) is 8.03. The van der Waals surface area contributed by atoms with Crippen LogP contribution in [-0.2, 0) is 11.3 Å². The number of nitrogens with one attached hydrogen (secondary N) is 1. The Hall–Kier alpha value is -2.69. The number of benzene rings is 2. The number of hydrogen-bond acceptors (Lipinski definition) is 4. The Kier molecular flexibility index (Phi) is 4.89. The fourth-order valence-corrected chi connectivity index (χ4v) is 2.41. The second-order valence-corrected chi connectivity index (χ2v) is 5.89. The molecule has 0 spiro atoms. The van der Waals surface area contributed by atoms with Gasteiger partial charge in [-0.15, -0.1) is 0 Å². The maximum atomic E-state index is 12.3. The van der Waals surface area contributed by atoms with Crippen molar-refractivity contribution >= 4 is 5.91 Å². The van der Waals surface area contributed by atoms with Crippen molar-refractivity contribution in [3.63, 3.8) is 0 Å². The highest BCUT2D eigenvalue weighted by molar-refractivity contribution is 5.81. The van der Waals surface area contributed by atoms with E-state index >= 15 is 0 Å². The van der Waals surface area contributed by atoms with Crippen LogP contribution < -0.4 is 19.5 Å². The highest BCUT2D eigenvalue weighted by atomic mass is 16.6. The molecule has 0 radical (unpaired) electrons. The lowest BCUT2D eigenvalue weighted by molar-refractivity contribution is -0.130. The molecule has 1 amide bonds. The van der Waals surface area contributed by atoms with Crippen LogP contribution in [0, 0.1) is 0 Å². The monoisotopic (exact) mass is 327 g/mol. The Bertz CT molecular complexity index is 697. The van der Waals surface area contributed by atoms with Crippen LogP contribution in [0.5, 0.6) is 17.2 Å². The number of fused-ring (bicyclic) bond motifs is 1. The van der Waals surface area contributed by atoms with Gasteiger partial charge in [0.15, 0.2) is 11.5 Å². The molecule has 24 heavy (non-hydrogen) atoms. The van der Waals surface area contributed by atoms with Gasteiger partial charge in [-0.25, -0.2) is 0 Å². The first kappa shape index (κ1) is 16.2. The number of para-hydroxylation sites is 2. The average molecular weight is 327 g/mol. The lowest BCUT2D eigenvalue weighted by atomic mass is 10.2. The molecule has 0 fully saturated rings. The lowest BCUT2D eigenvalue weighted by Crippen LogP contribution is -2.43. The van der Waals surface area contributed by atoms with E-state index in [9.17, 15) is 4.79 Å². The topological polar surface area (TPSA) is 56.8 Å². The largest absolute Gasteiger partial charge is 0.491 e. The van der Waals surface area contributed by atoms with E-state index in [0.717, 1.165) is 11.3 Å². The van der Waals surface area contributed by atoms with Crippen molar-refractivity contribution in [3.05, 3.63) is 54.1 Å². The van der Waals surface area contributed by atoms with Gasteiger partial charge in [0, 0.05) is 6.54 Å². The zero-order valence-corrected chi connectivity index (χ0v) is 13.8. The standard InChI is InChI=1S/C19H21NO4/c1-13(2)23-15-9-7-14(8-10-15)11-20-19(21)18-12-22-16-5-3-4-6-17(16)24-18/h3-10,13,18H,11-12H2,1-2H3,(H,20,21)/t18-/m0/s1. The minimum absolute atomic E-state index is 0.141. The molecule has 0 aromatic heterocycles. The molecule has 0 saturated carbocycles. The number of carbonyl (C=O) groups excluding carboxylic acids is 1. The molecule has 0 aliphatic carbocycles. The first-order valence-electron chi connectivity index (χ1n) is 8.03. The van der Waals surface area contributed by atoms with Crippen LogP contribution in [0.1, 0.15) is 19.4 Å². The van der Waals surface area contributed by atoms with E-state index in [4.69, 9.17) is 14.2 Å². The Morgan fingerprint density at radius 3 is 2.58 bits per heavy atom. The van der Waals surface area contributed by atoms with E-state index in [1.807, 2.05) is 56.3 Å². The van der Waals surface area contributed by atoms with Crippen LogP contribution >= 0.6 is 0 Å². The Labute approximate surface area is 141 Å². The highest BCUT2D eigenvalue weighted by Gasteiger charge is 2.26. The number of carbonyl (C=O) groups is 1. The van der Waals surface area contributed by atoms with Crippen LogP contribution in [0.15, 0.2) is 48.5 Å². The van der Waals surface area contributed by atoms with Gasteiger partial charge in [0.1, 0.15) is 12.4 Å². The zero-order chi connectivity index (χ0) is 16.9. The molecular weight excluding hydrogens is 306 g/mol. The third-order valence-corrected chi connectivity index (χ3v) is 3.56. The maximum Gasteiger partial charge on any atom is 0.264 e. The smallest absolute Gasteiger partial charge is 0.264 e. The number of rotatable bonds is 5. The lowest BCUT2D eigenvalue weighted by Gasteiger charge is -2.25. The van der Waals surface area contributed by atoms with Crippen molar-refractivity contribution in [2.45, 2.75) is 32.6 Å². The highest BCUT2D eigenvalue weighted by Crippen LogP contribution is 2.30. The van der Waals surface area contributed by atoms with Crippen molar-refractivity contribution in [1.82, 2.24) is 5.32 Å². The van der Waals surface area contributed by atoms with Crippen LogP contribution in [0.25, 0.3) is 0 Å². The van der Waals surface area contributed by atoms with Gasteiger partial charge in [0.25, 0.3) is 5.91 Å². The van der Waals surface area contributed by atoms with Crippen molar-refractivity contribution in [1.29, 1.82) is 0 Å². The summed E-state index contributed by atoms with van der Waals surface area (Å²) in [5.41, 5.74) is 0.997. The molecule has 5 nitrogen and oxygen atoms in total. The molecule has 3 rings (SSSR count). The van der Waals surface area contributed by atoms with Gasteiger partial charge in [-0.05, 0) is 43.7 Å². The summed E-state index contributed by atoms with van der Waals surface area (Å²) >= 11 is 0. The third-order valence-electron chi connectivity index (χ3n) is 3.56. The summed E-state index contributed by atoms with van der Waals surface area (Å²) in [6, 6.07) is 15.0. The second-order valence-electron chi connectivity index (χ2n) is 5.89. The minimum Gasteiger partial charge on any atom is -0.491 e. The summed E-state index contributed by atoms with van der Waals surface area (Å²) in [6.45, 7) is 4.61. The van der Waals surface area contributed by atoms with Crippen LogP contribution in [0.4, 0.5) is 0 Å². The van der Waals surface area contributed by atoms with Gasteiger partial charge in [-0.3, -0.25) is 4.79 Å². The molecule has 1 heterocycles. The van der Waals surface area contributed by atoms with E-state index in [-0.39, 0.29) is 18.6 Å². The van der Waals surface area contributed by atoms with E-state index in [2.05, 4.69) is 5.32 Å². The fourth-order valence-electron chi connectivity index (χ4n) is 2.41. The van der Waals surface area contributed by atoms with E-state index in [1.54, 1.807) is 6.07 Å². The average Bonchev–Trinajstić information content (AvgIpc) is 2.60. The predicted molar refractivity (Wildman–Crippen MR) is 90.4 cm³/mol. The van der Waals surface area contributed by atoms with Gasteiger partial charge in [-0.1, -0.05) is 24.3 Å². The molecule has 2 aromatic carbocycles. The first-order chi connectivity index (χ1) is 11.6. The second kappa shape index (κ2) is 7.25. The molecule has 5 heteroatoms. The molecule has 1 N–H and O–H groups in total. The molecule has 2 aromatic rings. The molecule has 1 atom stereocenters. The normalized spacial score (nSPS) is 15.9. The minimum atomic E-state index is -0.636. The summed E-state index contributed by atoms with van der Waals surface area (Å²) < 4.78 is 16.8. The Morgan fingerprint density at radius 1 is 1.17 bits per heavy atom. The molecule has 126 valence electrons. The number of ether oxygens (including phenoxy) is 3. The third kappa shape index (κ3) is 3.98. The van der Waals surface area contributed by atoms with Crippen molar-refractivity contribution in [3.8, 4) is 17.2 Å². The summed E-state index contributed by atoms with van der Waals surface area (Å²) in [4.78, 5) is 12.3. The van der Waals surface area contributed by atoms with Crippen LogP contribution in [0.2, 0.25) is 0 Å². The van der Waals surface area contributed by atoms with Gasteiger partial charge in [0.05, 0.1) is 6.10 Å². The SMILES string of the molecule is CC(C)Oc1ccc(CNC(=O)[C@@H]2COc3ccccc3O2)cc1. The van der Waals surface area contributed by atoms with Gasteiger partial charge >= 0.3 is 0 Å². The maximum absolute atomic E-state index is 12.3. The number of hydrogen-bond donors (Lipinski definition) is 1. The Balaban J connectivity index is 1.53. The van der Waals surface area contributed by atoms with E-state index in [0.29, 0.717) is 18.0 Å². The fraction of sp³-hybridized carbons (Fsp3) is 0.316. The van der Waals surface area contributed by atoms with Crippen molar-refractivity contribution < 1.29 is 19.0 Å². The summed E-state index contributed by atoms with van der Waals surface area (Å²) in [6.07, 6.45) is -0.495. The molecule has 0 unspecified atom stereocenters. The van der Waals surface area contributed by atoms with E-state index in [1.165, 1.54) is 0 Å². The molecule has 0 saturated heterocycles. The van der Waals surface area contributed by atoms with Crippen molar-refractivity contribution in [2.75, 3.05) is 6.61 Å². The molecular formula is C19H21NO4. The zero-order valence-electron chi connectivity index (χ0n) is 13.8. The summed E-state index contributed by atoms with van der Waals surface area (Å²) in [5.74, 6) is 1.90. The van der Waals surface area contributed by atoms with Gasteiger partial charge in [-0.2, -0.15) is 0 Å². The molecule has 1 aliphatic rings. The van der Waals surface area contributed by atoms with Crippen LogP contribution in [0.3, 0.4) is 0 Å². The van der Waals surface area contributed by atoms with E-state index < -0.39 is 6.10 Å². The predicted octanol–water partition coefficient (Wildman–Crippen LogP) is 2.93. The van der Waals surface area contributed by atoms with Gasteiger partial charge < -0.3 is 19.5 Å². The quantitative estimate of drug-likeness (QED) is 0.917. The number of amides is 1. The summed E-state index contributed by atoms with van der Waals surface area (Å²) in [5, 5.41) is 2.87. The van der Waals surface area contributed by atoms with Crippen molar-refractivity contribution in [2.24, 2.45) is 0 Å².